The lowest BCUT2D eigenvalue weighted by atomic mass is 10.1. The molecule has 2 aromatic heterocycles. The molecule has 0 unspecified atom stereocenters. The normalized spacial score (nSPS) is 10.9. The molecule has 0 aliphatic rings. The van der Waals surface area contributed by atoms with Crippen LogP contribution in [-0.2, 0) is 4.79 Å². The summed E-state index contributed by atoms with van der Waals surface area (Å²) < 4.78 is 0. The van der Waals surface area contributed by atoms with E-state index in [1.807, 2.05) is 23.8 Å². The lowest BCUT2D eigenvalue weighted by Gasteiger charge is -2.07. The molecule has 6 nitrogen and oxygen atoms in total. The molecule has 1 amide bonds. The van der Waals surface area contributed by atoms with E-state index in [2.05, 4.69) is 32.7 Å². The quantitative estimate of drug-likeness (QED) is 0.540. The second-order valence-corrected chi connectivity index (χ2v) is 6.51. The Morgan fingerprint density at radius 3 is 2.88 bits per heavy atom. The van der Waals surface area contributed by atoms with Gasteiger partial charge in [0.1, 0.15) is 5.82 Å². The first kappa shape index (κ1) is 17.5. The van der Waals surface area contributed by atoms with Crippen molar-refractivity contribution in [1.29, 1.82) is 0 Å². The fraction of sp³-hybridized carbons (Fsp3) is 0.278. The highest BCUT2D eigenvalue weighted by Gasteiger charge is 2.06. The summed E-state index contributed by atoms with van der Waals surface area (Å²) in [7, 11) is 0. The van der Waals surface area contributed by atoms with Crippen molar-refractivity contribution in [2.45, 2.75) is 12.8 Å². The maximum atomic E-state index is 12.0. The zero-order chi connectivity index (χ0) is 17.5. The first-order valence-corrected chi connectivity index (χ1v) is 9.04. The smallest absolute Gasteiger partial charge is 0.225 e. The van der Waals surface area contributed by atoms with Crippen molar-refractivity contribution in [3.8, 4) is 10.4 Å². The van der Waals surface area contributed by atoms with Crippen LogP contribution < -0.4 is 10.6 Å². The van der Waals surface area contributed by atoms with Gasteiger partial charge in [0, 0.05) is 30.7 Å². The van der Waals surface area contributed by atoms with Gasteiger partial charge >= 0.3 is 0 Å². The number of anilines is 1. The van der Waals surface area contributed by atoms with Gasteiger partial charge in [-0.1, -0.05) is 12.1 Å². The summed E-state index contributed by atoms with van der Waals surface area (Å²) in [5.74, 6) is 0.499. The highest BCUT2D eigenvalue weighted by atomic mass is 32.1. The molecule has 25 heavy (non-hydrogen) atoms. The monoisotopic (exact) mass is 356 g/mol. The summed E-state index contributed by atoms with van der Waals surface area (Å²) >= 11 is 1.60. The number of aliphatic hydroxyl groups is 1. The van der Waals surface area contributed by atoms with Gasteiger partial charge in [-0.05, 0) is 36.0 Å². The van der Waals surface area contributed by atoms with E-state index in [0.29, 0.717) is 25.3 Å². The number of thiazole rings is 1. The number of aliphatic hydroxyl groups excluding tert-OH is 1. The van der Waals surface area contributed by atoms with E-state index in [1.165, 1.54) is 0 Å². The van der Waals surface area contributed by atoms with Crippen molar-refractivity contribution in [3.63, 3.8) is 0 Å². The van der Waals surface area contributed by atoms with Gasteiger partial charge in [0.25, 0.3) is 0 Å². The molecular weight excluding hydrogens is 336 g/mol. The van der Waals surface area contributed by atoms with Crippen molar-refractivity contribution in [1.82, 2.24) is 15.3 Å². The predicted octanol–water partition coefficient (Wildman–Crippen LogP) is 2.66. The molecule has 0 saturated heterocycles. The molecule has 0 radical (unpaired) electrons. The number of fused-ring (bicyclic) bond motifs is 1. The average Bonchev–Trinajstić information content (AvgIpc) is 3.15. The number of pyridine rings is 1. The summed E-state index contributed by atoms with van der Waals surface area (Å²) in [6.07, 6.45) is 4.75. The Bertz CT molecular complexity index is 836. The van der Waals surface area contributed by atoms with Gasteiger partial charge in [-0.25, -0.2) is 4.98 Å². The molecule has 3 aromatic rings. The number of carbonyl (C=O) groups excluding carboxylic acids is 1. The number of nitrogens with zero attached hydrogens (tertiary/aromatic N) is 2. The number of benzene rings is 1. The second-order valence-electron chi connectivity index (χ2n) is 5.62. The van der Waals surface area contributed by atoms with Crippen LogP contribution in [0, 0.1) is 0 Å². The maximum absolute atomic E-state index is 12.0. The molecule has 0 atom stereocenters. The van der Waals surface area contributed by atoms with E-state index in [9.17, 15) is 4.79 Å². The summed E-state index contributed by atoms with van der Waals surface area (Å²) in [6, 6.07) is 8.05. The van der Waals surface area contributed by atoms with E-state index in [-0.39, 0.29) is 12.5 Å². The molecule has 0 aliphatic heterocycles. The van der Waals surface area contributed by atoms with E-state index >= 15 is 0 Å². The molecule has 130 valence electrons. The average molecular weight is 356 g/mol. The van der Waals surface area contributed by atoms with Crippen molar-refractivity contribution >= 4 is 33.8 Å². The van der Waals surface area contributed by atoms with Gasteiger partial charge in [0.05, 0.1) is 17.0 Å². The second kappa shape index (κ2) is 8.66. The number of rotatable bonds is 8. The standard InChI is InChI=1S/C18H20N4O2S/c23-7-6-19-5-1-2-18(24)22-17-9-15-8-13(16-11-20-12-25-16)3-4-14(15)10-21-17/h3-4,8-12,19,23H,1-2,5-7H2,(H,21,22,24). The van der Waals surface area contributed by atoms with Crippen LogP contribution in [0.2, 0.25) is 0 Å². The minimum absolute atomic E-state index is 0.0590. The largest absolute Gasteiger partial charge is 0.395 e. The zero-order valence-electron chi connectivity index (χ0n) is 13.7. The van der Waals surface area contributed by atoms with Gasteiger partial charge in [0.15, 0.2) is 0 Å². The Hall–Kier alpha value is -2.35. The van der Waals surface area contributed by atoms with Gasteiger partial charge in [0.2, 0.25) is 5.91 Å². The number of aromatic nitrogens is 2. The SMILES string of the molecule is O=C(CCCNCCO)Nc1cc2cc(-c3cncs3)ccc2cn1. The van der Waals surface area contributed by atoms with Crippen LogP contribution in [0.3, 0.4) is 0 Å². The maximum Gasteiger partial charge on any atom is 0.225 e. The molecule has 0 spiro atoms. The number of hydrogen-bond donors (Lipinski definition) is 3. The Kier molecular flexibility index (Phi) is 6.05. The van der Waals surface area contributed by atoms with Crippen molar-refractivity contribution in [3.05, 3.63) is 42.2 Å². The third-order valence-electron chi connectivity index (χ3n) is 3.75. The molecule has 7 heteroatoms. The molecular formula is C18H20N4O2S. The number of nitrogens with one attached hydrogen (secondary N) is 2. The Labute approximate surface area is 149 Å². The topological polar surface area (TPSA) is 87.1 Å². The van der Waals surface area contributed by atoms with Crippen LogP contribution >= 0.6 is 11.3 Å². The third-order valence-corrected chi connectivity index (χ3v) is 4.57. The Balaban J connectivity index is 1.65. The van der Waals surface area contributed by atoms with Gasteiger partial charge in [-0.3, -0.25) is 9.78 Å². The minimum Gasteiger partial charge on any atom is -0.395 e. The lowest BCUT2D eigenvalue weighted by Crippen LogP contribution is -2.21. The molecule has 0 bridgehead atoms. The van der Waals surface area contributed by atoms with E-state index in [1.54, 1.807) is 17.5 Å². The van der Waals surface area contributed by atoms with Crippen LogP contribution in [0.1, 0.15) is 12.8 Å². The number of hydrogen-bond acceptors (Lipinski definition) is 6. The van der Waals surface area contributed by atoms with E-state index < -0.39 is 0 Å². The highest BCUT2D eigenvalue weighted by Crippen LogP contribution is 2.27. The van der Waals surface area contributed by atoms with Crippen LogP contribution in [0.25, 0.3) is 21.2 Å². The van der Waals surface area contributed by atoms with Crippen molar-refractivity contribution in [2.75, 3.05) is 25.0 Å². The van der Waals surface area contributed by atoms with Crippen LogP contribution in [-0.4, -0.2) is 40.7 Å². The number of amides is 1. The van der Waals surface area contributed by atoms with E-state index in [0.717, 1.165) is 27.6 Å². The van der Waals surface area contributed by atoms with Crippen LogP contribution in [0.4, 0.5) is 5.82 Å². The first-order chi connectivity index (χ1) is 12.3. The van der Waals surface area contributed by atoms with E-state index in [4.69, 9.17) is 5.11 Å². The third kappa shape index (κ3) is 4.82. The van der Waals surface area contributed by atoms with Crippen LogP contribution in [0.5, 0.6) is 0 Å². The zero-order valence-corrected chi connectivity index (χ0v) is 14.6. The molecule has 0 fully saturated rings. The molecule has 3 rings (SSSR count). The van der Waals surface area contributed by atoms with Crippen molar-refractivity contribution < 1.29 is 9.90 Å². The first-order valence-electron chi connectivity index (χ1n) is 8.16. The molecule has 3 N–H and O–H groups in total. The number of carbonyl (C=O) groups is 1. The summed E-state index contributed by atoms with van der Waals surface area (Å²) in [5.41, 5.74) is 2.92. The predicted molar refractivity (Wildman–Crippen MR) is 101 cm³/mol. The van der Waals surface area contributed by atoms with Gasteiger partial charge < -0.3 is 15.7 Å². The Morgan fingerprint density at radius 1 is 1.16 bits per heavy atom. The summed E-state index contributed by atoms with van der Waals surface area (Å²) in [6.45, 7) is 1.37. The van der Waals surface area contributed by atoms with Gasteiger partial charge in [-0.15, -0.1) is 11.3 Å². The summed E-state index contributed by atoms with van der Waals surface area (Å²) in [5, 5.41) is 16.6. The lowest BCUT2D eigenvalue weighted by molar-refractivity contribution is -0.116. The molecule has 0 saturated carbocycles. The Morgan fingerprint density at radius 2 is 2.08 bits per heavy atom. The molecule has 1 aromatic carbocycles. The van der Waals surface area contributed by atoms with Crippen LogP contribution in [0.15, 0.2) is 42.2 Å². The van der Waals surface area contributed by atoms with Crippen molar-refractivity contribution in [2.24, 2.45) is 0 Å². The van der Waals surface area contributed by atoms with Gasteiger partial charge in [-0.2, -0.15) is 0 Å². The highest BCUT2D eigenvalue weighted by molar-refractivity contribution is 7.13. The minimum atomic E-state index is -0.0590. The fourth-order valence-corrected chi connectivity index (χ4v) is 3.12. The fourth-order valence-electron chi connectivity index (χ4n) is 2.50. The molecule has 2 heterocycles. The molecule has 0 aliphatic carbocycles. The summed E-state index contributed by atoms with van der Waals surface area (Å²) in [4.78, 5) is 21.5.